The first-order valence-corrected chi connectivity index (χ1v) is 10.9. The van der Waals surface area contributed by atoms with Crippen molar-refractivity contribution in [1.29, 1.82) is 0 Å². The largest absolute Gasteiger partial charge is 0.490 e. The second-order valence-corrected chi connectivity index (χ2v) is 9.23. The molecule has 0 N–H and O–H groups in total. The second-order valence-electron chi connectivity index (χ2n) is 8.82. The molecule has 5 nitrogen and oxygen atoms in total. The van der Waals surface area contributed by atoms with Crippen LogP contribution in [0.4, 0.5) is 23.7 Å². The number of benzene rings is 2. The van der Waals surface area contributed by atoms with Crippen molar-refractivity contribution in [2.45, 2.75) is 51.5 Å². The van der Waals surface area contributed by atoms with Crippen LogP contribution in [-0.2, 0) is 10.9 Å². The minimum absolute atomic E-state index is 0.0419. The van der Waals surface area contributed by atoms with E-state index < -0.39 is 17.3 Å². The summed E-state index contributed by atoms with van der Waals surface area (Å²) in [6, 6.07) is 8.67. The standard InChI is InChI=1S/C24H26ClF3N2O3/c1-23(2,3)33-22(31)30-10-8-17(9-11-30)32-18-7-5-6-15(12-18)21-19(24(26,27)28)13-16(29-4)14-20(21)25/h5-7,12-14,17H,4,8-11H2,1-3H3. The van der Waals surface area contributed by atoms with Crippen molar-refractivity contribution in [1.82, 2.24) is 4.90 Å². The number of nitrogens with zero attached hydrogens (tertiary/aromatic N) is 2. The molecule has 3 rings (SSSR count). The molecule has 33 heavy (non-hydrogen) atoms. The zero-order chi connectivity index (χ0) is 24.4. The van der Waals surface area contributed by atoms with Crippen molar-refractivity contribution in [3.8, 4) is 16.9 Å². The summed E-state index contributed by atoms with van der Waals surface area (Å²) in [7, 11) is 0. The molecule has 1 saturated heterocycles. The van der Waals surface area contributed by atoms with Crippen molar-refractivity contribution in [3.63, 3.8) is 0 Å². The maximum Gasteiger partial charge on any atom is 0.417 e. The summed E-state index contributed by atoms with van der Waals surface area (Å²) in [6.07, 6.45) is -4.00. The van der Waals surface area contributed by atoms with Crippen molar-refractivity contribution < 1.29 is 27.4 Å². The van der Waals surface area contributed by atoms with E-state index in [1.54, 1.807) is 23.1 Å². The third-order valence-electron chi connectivity index (χ3n) is 5.08. The van der Waals surface area contributed by atoms with Crippen LogP contribution in [0.15, 0.2) is 41.4 Å². The van der Waals surface area contributed by atoms with E-state index in [9.17, 15) is 18.0 Å². The van der Waals surface area contributed by atoms with Gasteiger partial charge in [-0.1, -0.05) is 23.7 Å². The number of ether oxygens (including phenoxy) is 2. The van der Waals surface area contributed by atoms with Gasteiger partial charge in [0.05, 0.1) is 16.3 Å². The summed E-state index contributed by atoms with van der Waals surface area (Å²) in [5.41, 5.74) is -1.27. The van der Waals surface area contributed by atoms with Crippen molar-refractivity contribution in [2.24, 2.45) is 4.99 Å². The van der Waals surface area contributed by atoms with Gasteiger partial charge >= 0.3 is 12.3 Å². The minimum Gasteiger partial charge on any atom is -0.490 e. The molecule has 0 atom stereocenters. The van der Waals surface area contributed by atoms with Crippen molar-refractivity contribution in [3.05, 3.63) is 47.0 Å². The van der Waals surface area contributed by atoms with Crippen molar-refractivity contribution in [2.75, 3.05) is 13.1 Å². The fourth-order valence-electron chi connectivity index (χ4n) is 3.60. The molecule has 0 radical (unpaired) electrons. The highest BCUT2D eigenvalue weighted by Crippen LogP contribution is 2.44. The Morgan fingerprint density at radius 3 is 2.39 bits per heavy atom. The molecule has 0 bridgehead atoms. The summed E-state index contributed by atoms with van der Waals surface area (Å²) < 4.78 is 52.6. The Morgan fingerprint density at radius 2 is 1.82 bits per heavy atom. The molecule has 1 heterocycles. The molecule has 0 unspecified atom stereocenters. The van der Waals surface area contributed by atoms with Crippen LogP contribution in [0, 0.1) is 0 Å². The predicted molar refractivity (Wildman–Crippen MR) is 123 cm³/mol. The molecule has 2 aromatic carbocycles. The van der Waals surface area contributed by atoms with E-state index in [4.69, 9.17) is 21.1 Å². The van der Waals surface area contributed by atoms with Crippen LogP contribution in [0.5, 0.6) is 5.75 Å². The zero-order valence-electron chi connectivity index (χ0n) is 18.7. The van der Waals surface area contributed by atoms with Gasteiger partial charge in [-0.2, -0.15) is 13.2 Å². The van der Waals surface area contributed by atoms with Crippen LogP contribution in [-0.4, -0.2) is 42.5 Å². The van der Waals surface area contributed by atoms with Crippen LogP contribution in [0.2, 0.25) is 5.02 Å². The molecule has 0 aromatic heterocycles. The molecule has 178 valence electrons. The third kappa shape index (κ3) is 6.41. The van der Waals surface area contributed by atoms with Crippen LogP contribution in [0.3, 0.4) is 0 Å². The Kier molecular flexibility index (Phi) is 7.26. The highest BCUT2D eigenvalue weighted by atomic mass is 35.5. The first-order chi connectivity index (χ1) is 15.4. The van der Waals surface area contributed by atoms with E-state index in [1.165, 1.54) is 12.1 Å². The molecule has 0 spiro atoms. The van der Waals surface area contributed by atoms with E-state index >= 15 is 0 Å². The third-order valence-corrected chi connectivity index (χ3v) is 5.38. The maximum atomic E-state index is 13.7. The lowest BCUT2D eigenvalue weighted by Gasteiger charge is -2.33. The van der Waals surface area contributed by atoms with E-state index in [0.29, 0.717) is 31.7 Å². The number of hydrogen-bond acceptors (Lipinski definition) is 4. The van der Waals surface area contributed by atoms with Crippen LogP contribution >= 0.6 is 11.6 Å². The van der Waals surface area contributed by atoms with Crippen LogP contribution in [0.1, 0.15) is 39.2 Å². The fraction of sp³-hybridized carbons (Fsp3) is 0.417. The number of likely N-dealkylation sites (tertiary alicyclic amines) is 1. The van der Waals surface area contributed by atoms with Gasteiger partial charge in [0.15, 0.2) is 0 Å². The monoisotopic (exact) mass is 482 g/mol. The van der Waals surface area contributed by atoms with Crippen LogP contribution < -0.4 is 4.74 Å². The van der Waals surface area contributed by atoms with Gasteiger partial charge < -0.3 is 14.4 Å². The SMILES string of the molecule is C=Nc1cc(Cl)c(-c2cccc(OC3CCN(C(=O)OC(C)(C)C)CC3)c2)c(C(F)(F)F)c1. The average Bonchev–Trinajstić information content (AvgIpc) is 2.72. The molecule has 1 aliphatic rings. The number of alkyl halides is 3. The molecule has 0 aliphatic carbocycles. The van der Waals surface area contributed by atoms with Gasteiger partial charge in [-0.3, -0.25) is 4.99 Å². The number of halogens is 4. The van der Waals surface area contributed by atoms with Crippen molar-refractivity contribution >= 4 is 30.1 Å². The molecule has 1 aliphatic heterocycles. The summed E-state index contributed by atoms with van der Waals surface area (Å²) in [4.78, 5) is 17.4. The number of piperidine rings is 1. The molecule has 9 heteroatoms. The zero-order valence-corrected chi connectivity index (χ0v) is 19.5. The topological polar surface area (TPSA) is 51.1 Å². The van der Waals surface area contributed by atoms with Gasteiger partial charge in [-0.25, -0.2) is 4.79 Å². The Hall–Kier alpha value is -2.74. The van der Waals surface area contributed by atoms with E-state index in [-0.39, 0.29) is 34.0 Å². The quantitative estimate of drug-likeness (QED) is 0.435. The van der Waals surface area contributed by atoms with Gasteiger partial charge in [0.2, 0.25) is 0 Å². The number of aliphatic imine (C=N–C) groups is 1. The Balaban J connectivity index is 1.76. The lowest BCUT2D eigenvalue weighted by Crippen LogP contribution is -2.44. The number of rotatable bonds is 4. The number of carbonyl (C=O) groups is 1. The highest BCUT2D eigenvalue weighted by Gasteiger charge is 2.35. The minimum atomic E-state index is -4.62. The fourth-order valence-corrected chi connectivity index (χ4v) is 3.92. The van der Waals surface area contributed by atoms with E-state index in [0.717, 1.165) is 6.07 Å². The summed E-state index contributed by atoms with van der Waals surface area (Å²) in [5.74, 6) is 0.429. The Bertz CT molecular complexity index is 1030. The number of amides is 1. The smallest absolute Gasteiger partial charge is 0.417 e. The summed E-state index contributed by atoms with van der Waals surface area (Å²) >= 11 is 6.21. The molecular formula is C24H26ClF3N2O3. The van der Waals surface area contributed by atoms with Gasteiger partial charge in [0.1, 0.15) is 17.5 Å². The number of carbonyl (C=O) groups excluding carboxylic acids is 1. The molecule has 0 saturated carbocycles. The normalized spacial score (nSPS) is 15.3. The lowest BCUT2D eigenvalue weighted by molar-refractivity contribution is -0.137. The first kappa shape index (κ1) is 24.9. The Morgan fingerprint density at radius 1 is 1.15 bits per heavy atom. The van der Waals surface area contributed by atoms with Gasteiger partial charge in [0, 0.05) is 31.5 Å². The molecule has 1 fully saturated rings. The van der Waals surface area contributed by atoms with Crippen LogP contribution in [0.25, 0.3) is 11.1 Å². The second kappa shape index (κ2) is 9.63. The highest BCUT2D eigenvalue weighted by molar-refractivity contribution is 6.33. The van der Waals surface area contributed by atoms with Gasteiger partial charge in [-0.15, -0.1) is 0 Å². The first-order valence-electron chi connectivity index (χ1n) is 10.5. The predicted octanol–water partition coefficient (Wildman–Crippen LogP) is 7.14. The lowest BCUT2D eigenvalue weighted by atomic mass is 9.98. The van der Waals surface area contributed by atoms with Gasteiger partial charge in [0.25, 0.3) is 0 Å². The van der Waals surface area contributed by atoms with Gasteiger partial charge in [-0.05, 0) is 57.3 Å². The van der Waals surface area contributed by atoms with E-state index in [1.807, 2.05) is 20.8 Å². The summed E-state index contributed by atoms with van der Waals surface area (Å²) in [5, 5.41) is -0.0740. The van der Waals surface area contributed by atoms with E-state index in [2.05, 4.69) is 11.7 Å². The molecule has 1 amide bonds. The summed E-state index contributed by atoms with van der Waals surface area (Å²) in [6.45, 7) is 9.66. The molecule has 2 aromatic rings. The Labute approximate surface area is 196 Å². The number of hydrogen-bond donors (Lipinski definition) is 0. The maximum absolute atomic E-state index is 13.7. The average molecular weight is 483 g/mol. The molecular weight excluding hydrogens is 457 g/mol.